The van der Waals surface area contributed by atoms with Crippen LogP contribution in [0.2, 0.25) is 0 Å². The van der Waals surface area contributed by atoms with Crippen molar-refractivity contribution in [1.82, 2.24) is 5.32 Å². The van der Waals surface area contributed by atoms with Crippen LogP contribution < -0.4 is 10.6 Å². The van der Waals surface area contributed by atoms with E-state index in [1.54, 1.807) is 0 Å². The molecule has 1 aliphatic rings. The van der Waals surface area contributed by atoms with Gasteiger partial charge in [0.15, 0.2) is 0 Å². The van der Waals surface area contributed by atoms with Gasteiger partial charge in [-0.2, -0.15) is 0 Å². The number of amides is 1. The maximum Gasteiger partial charge on any atom is 0.207 e. The van der Waals surface area contributed by atoms with Crippen LogP contribution in [0.5, 0.6) is 0 Å². The molecule has 0 aliphatic carbocycles. The summed E-state index contributed by atoms with van der Waals surface area (Å²) in [6, 6.07) is 6.57. The van der Waals surface area contributed by atoms with Crippen LogP contribution in [0.1, 0.15) is 18.1 Å². The van der Waals surface area contributed by atoms with E-state index in [1.807, 2.05) is 6.92 Å². The van der Waals surface area contributed by atoms with E-state index < -0.39 is 0 Å². The fourth-order valence-corrected chi connectivity index (χ4v) is 1.52. The highest BCUT2D eigenvalue weighted by atomic mass is 16.1. The Kier molecular flexibility index (Phi) is 4.68. The molecule has 0 saturated carbocycles. The molecule has 2 N–H and O–H groups in total. The number of benzene rings is 1. The molecule has 0 saturated heterocycles. The van der Waals surface area contributed by atoms with Gasteiger partial charge in [-0.25, -0.2) is 0 Å². The second kappa shape index (κ2) is 6.06. The van der Waals surface area contributed by atoms with Crippen LogP contribution in [0, 0.1) is 6.92 Å². The number of rotatable bonds is 2. The number of fused-ring (bicyclic) bond motifs is 1. The minimum atomic E-state index is 0.681. The van der Waals surface area contributed by atoms with Gasteiger partial charge in [0.2, 0.25) is 6.41 Å². The van der Waals surface area contributed by atoms with Gasteiger partial charge in [-0.1, -0.05) is 17.7 Å². The van der Waals surface area contributed by atoms with Gasteiger partial charge in [0.05, 0.1) is 0 Å². The molecule has 3 heteroatoms. The van der Waals surface area contributed by atoms with Crippen LogP contribution in [0.3, 0.4) is 0 Å². The summed E-state index contributed by atoms with van der Waals surface area (Å²) in [5.74, 6) is 0. The second-order valence-corrected chi connectivity index (χ2v) is 3.51. The lowest BCUT2D eigenvalue weighted by Gasteiger charge is -1.98. The summed E-state index contributed by atoms with van der Waals surface area (Å²) < 4.78 is 0. The highest BCUT2D eigenvalue weighted by molar-refractivity contribution is 5.56. The Morgan fingerprint density at radius 1 is 1.53 bits per heavy atom. The van der Waals surface area contributed by atoms with Crippen molar-refractivity contribution in [1.29, 1.82) is 0 Å². The number of carbonyl (C=O) groups is 1. The van der Waals surface area contributed by atoms with Crippen LogP contribution in [-0.2, 0) is 11.2 Å². The molecule has 0 radical (unpaired) electrons. The Morgan fingerprint density at radius 2 is 2.33 bits per heavy atom. The molecule has 1 amide bonds. The van der Waals surface area contributed by atoms with E-state index in [1.165, 1.54) is 23.2 Å². The highest BCUT2D eigenvalue weighted by Crippen LogP contribution is 2.22. The molecule has 2 rings (SSSR count). The second-order valence-electron chi connectivity index (χ2n) is 3.51. The van der Waals surface area contributed by atoms with Gasteiger partial charge < -0.3 is 10.6 Å². The van der Waals surface area contributed by atoms with Crippen LogP contribution in [0.25, 0.3) is 0 Å². The Morgan fingerprint density at radius 3 is 2.93 bits per heavy atom. The zero-order valence-corrected chi connectivity index (χ0v) is 9.34. The van der Waals surface area contributed by atoms with Crippen molar-refractivity contribution in [3.63, 3.8) is 0 Å². The van der Waals surface area contributed by atoms with Gasteiger partial charge in [-0.05, 0) is 31.9 Å². The summed E-state index contributed by atoms with van der Waals surface area (Å²) in [6.07, 6.45) is 1.87. The average molecular weight is 206 g/mol. The first-order chi connectivity index (χ1) is 7.27. The normalized spacial score (nSPS) is 11.9. The zero-order chi connectivity index (χ0) is 11.1. The van der Waals surface area contributed by atoms with Gasteiger partial charge in [-0.3, -0.25) is 4.79 Å². The smallest absolute Gasteiger partial charge is 0.207 e. The maximum absolute atomic E-state index is 9.29. The summed E-state index contributed by atoms with van der Waals surface area (Å²) in [5, 5.41) is 5.76. The standard InChI is InChI=1S/C9H11N.C3H7NO/c1-7-2-3-9-8(6-7)4-5-10-9;1-2-4-3-5/h2-3,6,10H,4-5H2,1H3;3H,2H2,1H3,(H,4,5). The topological polar surface area (TPSA) is 41.1 Å². The van der Waals surface area contributed by atoms with E-state index in [2.05, 4.69) is 35.8 Å². The molecule has 15 heavy (non-hydrogen) atoms. The fourth-order valence-electron chi connectivity index (χ4n) is 1.52. The molecule has 82 valence electrons. The molecule has 0 spiro atoms. The molecular formula is C12H18N2O. The predicted molar refractivity (Wildman–Crippen MR) is 63.1 cm³/mol. The Balaban J connectivity index is 0.000000195. The van der Waals surface area contributed by atoms with E-state index in [0.29, 0.717) is 6.41 Å². The molecule has 0 aromatic heterocycles. The van der Waals surface area contributed by atoms with Gasteiger partial charge >= 0.3 is 0 Å². The third kappa shape index (κ3) is 3.62. The molecule has 1 aliphatic heterocycles. The Bertz CT molecular complexity index is 323. The van der Waals surface area contributed by atoms with Gasteiger partial charge in [0.1, 0.15) is 0 Å². The third-order valence-electron chi connectivity index (χ3n) is 2.26. The number of nitrogens with one attached hydrogen (secondary N) is 2. The van der Waals surface area contributed by atoms with E-state index in [9.17, 15) is 4.79 Å². The number of hydrogen-bond donors (Lipinski definition) is 2. The highest BCUT2D eigenvalue weighted by Gasteiger charge is 2.07. The van der Waals surface area contributed by atoms with Crippen LogP contribution in [0.4, 0.5) is 5.69 Å². The largest absolute Gasteiger partial charge is 0.384 e. The quantitative estimate of drug-likeness (QED) is 0.723. The van der Waals surface area contributed by atoms with Crippen molar-refractivity contribution >= 4 is 12.1 Å². The minimum absolute atomic E-state index is 0.681. The van der Waals surface area contributed by atoms with Crippen molar-refractivity contribution in [2.45, 2.75) is 20.3 Å². The predicted octanol–water partition coefficient (Wildman–Crippen LogP) is 1.72. The number of carbonyl (C=O) groups excluding carboxylic acids is 1. The molecule has 0 fully saturated rings. The molecule has 1 heterocycles. The lowest BCUT2D eigenvalue weighted by Crippen LogP contribution is -2.07. The van der Waals surface area contributed by atoms with Gasteiger partial charge in [0.25, 0.3) is 0 Å². The summed E-state index contributed by atoms with van der Waals surface area (Å²) in [6.45, 7) is 5.84. The van der Waals surface area contributed by atoms with Crippen LogP contribution in [-0.4, -0.2) is 19.5 Å². The van der Waals surface area contributed by atoms with Crippen LogP contribution in [0.15, 0.2) is 18.2 Å². The van der Waals surface area contributed by atoms with Gasteiger partial charge in [-0.15, -0.1) is 0 Å². The Labute approximate surface area is 90.9 Å². The summed E-state index contributed by atoms with van der Waals surface area (Å²) in [7, 11) is 0. The Hall–Kier alpha value is -1.51. The zero-order valence-electron chi connectivity index (χ0n) is 9.34. The third-order valence-corrected chi connectivity index (χ3v) is 2.26. The molecule has 0 unspecified atom stereocenters. The van der Waals surface area contributed by atoms with Crippen molar-refractivity contribution in [3.8, 4) is 0 Å². The SMILES string of the molecule is CCNC=O.Cc1ccc2c(c1)CCN2. The first-order valence-corrected chi connectivity index (χ1v) is 5.28. The van der Waals surface area contributed by atoms with Crippen molar-refractivity contribution < 1.29 is 4.79 Å². The monoisotopic (exact) mass is 206 g/mol. The van der Waals surface area contributed by atoms with E-state index in [0.717, 1.165) is 13.1 Å². The van der Waals surface area contributed by atoms with Crippen molar-refractivity contribution in [3.05, 3.63) is 29.3 Å². The summed E-state index contributed by atoms with van der Waals surface area (Å²) >= 11 is 0. The van der Waals surface area contributed by atoms with E-state index in [4.69, 9.17) is 0 Å². The molecule has 0 bridgehead atoms. The number of hydrogen-bond acceptors (Lipinski definition) is 2. The lowest BCUT2D eigenvalue weighted by atomic mass is 10.1. The molecule has 1 aromatic carbocycles. The molecular weight excluding hydrogens is 188 g/mol. The van der Waals surface area contributed by atoms with Crippen LogP contribution >= 0.6 is 0 Å². The average Bonchev–Trinajstić information content (AvgIpc) is 2.67. The molecule has 0 atom stereocenters. The number of aryl methyl sites for hydroxylation is 1. The lowest BCUT2D eigenvalue weighted by molar-refractivity contribution is -0.109. The van der Waals surface area contributed by atoms with E-state index in [-0.39, 0.29) is 0 Å². The first-order valence-electron chi connectivity index (χ1n) is 5.28. The number of anilines is 1. The summed E-state index contributed by atoms with van der Waals surface area (Å²) in [5.41, 5.74) is 4.16. The van der Waals surface area contributed by atoms with E-state index >= 15 is 0 Å². The molecule has 1 aromatic rings. The van der Waals surface area contributed by atoms with Crippen molar-refractivity contribution in [2.75, 3.05) is 18.4 Å². The van der Waals surface area contributed by atoms with Gasteiger partial charge in [0, 0.05) is 18.8 Å². The first kappa shape index (κ1) is 11.6. The minimum Gasteiger partial charge on any atom is -0.384 e. The molecule has 3 nitrogen and oxygen atoms in total. The fraction of sp³-hybridized carbons (Fsp3) is 0.417. The summed E-state index contributed by atoms with van der Waals surface area (Å²) in [4.78, 5) is 9.29. The maximum atomic E-state index is 9.29. The van der Waals surface area contributed by atoms with Crippen molar-refractivity contribution in [2.24, 2.45) is 0 Å².